The van der Waals surface area contributed by atoms with E-state index in [9.17, 15) is 38.9 Å². The molecule has 0 radical (unpaired) electrons. The second-order valence-corrected chi connectivity index (χ2v) is 16.1. The molecule has 0 bridgehead atoms. The highest BCUT2D eigenvalue weighted by Gasteiger charge is 2.42. The number of carbonyl (C=O) groups is 2. The van der Waals surface area contributed by atoms with Gasteiger partial charge in [-0.05, 0) is 92.0 Å². The lowest BCUT2D eigenvalue weighted by Crippen LogP contribution is -2.16. The molecule has 2 rings (SSSR count). The monoisotopic (exact) mass is 774 g/mol. The first-order chi connectivity index (χ1) is 24.3. The summed E-state index contributed by atoms with van der Waals surface area (Å²) in [6, 6.07) is 7.57. The molecule has 0 atom stereocenters. The lowest BCUT2D eigenvalue weighted by molar-refractivity contribution is -0.385. The highest BCUT2D eigenvalue weighted by Crippen LogP contribution is 2.55. The molecule has 2 aromatic carbocycles. The van der Waals surface area contributed by atoms with E-state index < -0.39 is 77.4 Å². The van der Waals surface area contributed by atoms with Crippen molar-refractivity contribution in [1.82, 2.24) is 0 Å². The Hall–Kier alpha value is -3.40. The molecule has 0 heterocycles. The lowest BCUT2D eigenvalue weighted by atomic mass is 10.1. The van der Waals surface area contributed by atoms with E-state index in [-0.39, 0.29) is 37.7 Å². The van der Waals surface area contributed by atoms with Crippen molar-refractivity contribution in [3.63, 3.8) is 0 Å². The summed E-state index contributed by atoms with van der Waals surface area (Å²) in [4.78, 5) is 48.3. The van der Waals surface area contributed by atoms with Gasteiger partial charge in [0, 0.05) is 12.7 Å². The standard InChI is InChI=1S/C33H48N2O15P2/c1-22(2)47-51(42,48-23(3)4)32(36)28-13-11-26(20-30(28)34(38)39)10-9-15-44-16-17-45-18-19-46-27-12-14-29(31(21-27)35(40)41)33(37)52(43,49-24(5)6)50-25(7)8/h11-14,20-25H,9-10,15-19H2,1-8H3. The second-order valence-electron chi connectivity index (χ2n) is 12.4. The van der Waals surface area contributed by atoms with Crippen LogP contribution in [-0.4, -0.2) is 78.3 Å². The summed E-state index contributed by atoms with van der Waals surface area (Å²) in [5.41, 5.74) is -3.55. The average Bonchev–Trinajstić information content (AvgIpc) is 3.03. The maximum Gasteiger partial charge on any atom is 0.402 e. The van der Waals surface area contributed by atoms with Crippen molar-refractivity contribution >= 4 is 37.6 Å². The maximum absolute atomic E-state index is 13.3. The smallest absolute Gasteiger partial charge is 0.402 e. The highest BCUT2D eigenvalue weighted by molar-refractivity contribution is 7.73. The minimum Gasteiger partial charge on any atom is -0.491 e. The van der Waals surface area contributed by atoms with Gasteiger partial charge >= 0.3 is 15.2 Å². The third-order valence-corrected chi connectivity index (χ3v) is 10.7. The Balaban J connectivity index is 1.85. The van der Waals surface area contributed by atoms with Crippen LogP contribution < -0.4 is 4.74 Å². The zero-order chi connectivity index (χ0) is 39.2. The van der Waals surface area contributed by atoms with E-state index in [4.69, 9.17) is 32.3 Å². The Morgan fingerprint density at radius 3 is 1.46 bits per heavy atom. The second kappa shape index (κ2) is 20.7. The fourth-order valence-corrected chi connectivity index (χ4v) is 8.23. The SMILES string of the molecule is CC(C)OP(=O)(OC(C)C)C(=O)c1ccc(CCCOCCOCCOc2ccc(C(=O)P(=O)(OC(C)C)OC(C)C)c([N+](=O)[O-])c2)cc1[N+](=O)[O-]. The zero-order valence-electron chi connectivity index (χ0n) is 30.6. The van der Waals surface area contributed by atoms with Gasteiger partial charge in [-0.2, -0.15) is 0 Å². The number of rotatable bonds is 25. The van der Waals surface area contributed by atoms with E-state index >= 15 is 0 Å². The van der Waals surface area contributed by atoms with Gasteiger partial charge in [-0.3, -0.25) is 38.9 Å². The Labute approximate surface area is 303 Å². The molecule has 52 heavy (non-hydrogen) atoms. The van der Waals surface area contributed by atoms with E-state index in [2.05, 4.69) is 0 Å². The summed E-state index contributed by atoms with van der Waals surface area (Å²) in [6.45, 7) is 13.4. The molecule has 2 aromatic rings. The molecule has 0 saturated heterocycles. The molecule has 290 valence electrons. The molecule has 0 aliphatic rings. The van der Waals surface area contributed by atoms with Crippen LogP contribution >= 0.6 is 15.2 Å². The van der Waals surface area contributed by atoms with Gasteiger partial charge in [0.2, 0.25) is 0 Å². The van der Waals surface area contributed by atoms with Crippen LogP contribution in [0.1, 0.15) is 88.1 Å². The van der Waals surface area contributed by atoms with Crippen molar-refractivity contribution in [2.45, 2.75) is 92.6 Å². The predicted octanol–water partition coefficient (Wildman–Crippen LogP) is 7.91. The van der Waals surface area contributed by atoms with E-state index in [0.717, 1.165) is 12.1 Å². The molecule has 0 unspecified atom stereocenters. The Kier molecular flexibility index (Phi) is 17.9. The number of nitro groups is 2. The van der Waals surface area contributed by atoms with Crippen molar-refractivity contribution in [2.75, 3.05) is 33.0 Å². The zero-order valence-corrected chi connectivity index (χ0v) is 32.4. The van der Waals surface area contributed by atoms with Crippen LogP contribution in [0.2, 0.25) is 0 Å². The quantitative estimate of drug-likeness (QED) is 0.0405. The molecule has 0 aliphatic carbocycles. The number of hydrogen-bond acceptors (Lipinski definition) is 15. The normalized spacial score (nSPS) is 12.2. The summed E-state index contributed by atoms with van der Waals surface area (Å²) in [5, 5.41) is 23.6. The van der Waals surface area contributed by atoms with Crippen molar-refractivity contribution in [2.24, 2.45) is 0 Å². The van der Waals surface area contributed by atoms with Crippen LogP contribution in [0.4, 0.5) is 11.4 Å². The molecule has 0 aromatic heterocycles. The average molecular weight is 775 g/mol. The molecule has 0 N–H and O–H groups in total. The minimum atomic E-state index is -4.38. The fourth-order valence-electron chi connectivity index (χ4n) is 4.56. The van der Waals surface area contributed by atoms with Gasteiger partial charge in [-0.25, -0.2) is 0 Å². The summed E-state index contributed by atoms with van der Waals surface area (Å²) < 4.78 is 64.3. The number of nitrogens with zero attached hydrogens (tertiary/aromatic N) is 2. The van der Waals surface area contributed by atoms with Crippen molar-refractivity contribution in [3.8, 4) is 5.75 Å². The van der Waals surface area contributed by atoms with Crippen LogP contribution in [0.15, 0.2) is 36.4 Å². The molecule has 0 saturated carbocycles. The van der Waals surface area contributed by atoms with Crippen molar-refractivity contribution in [3.05, 3.63) is 73.3 Å². The Morgan fingerprint density at radius 2 is 1.02 bits per heavy atom. The van der Waals surface area contributed by atoms with Gasteiger partial charge in [0.05, 0.1) is 60.1 Å². The Bertz CT molecular complexity index is 1500. The molecule has 17 nitrogen and oxygen atoms in total. The van der Waals surface area contributed by atoms with Gasteiger partial charge in [-0.15, -0.1) is 0 Å². The number of hydrogen-bond donors (Lipinski definition) is 0. The Morgan fingerprint density at radius 1 is 0.615 bits per heavy atom. The van der Waals surface area contributed by atoms with E-state index in [1.54, 1.807) is 61.5 Å². The van der Waals surface area contributed by atoms with Gasteiger partial charge in [0.25, 0.3) is 22.4 Å². The first-order valence-corrected chi connectivity index (χ1v) is 19.8. The van der Waals surface area contributed by atoms with Crippen LogP contribution in [0.3, 0.4) is 0 Å². The third kappa shape index (κ3) is 13.9. The van der Waals surface area contributed by atoms with E-state index in [1.807, 2.05) is 0 Å². The van der Waals surface area contributed by atoms with E-state index in [0.29, 0.717) is 25.0 Å². The van der Waals surface area contributed by atoms with Crippen LogP contribution in [0.25, 0.3) is 0 Å². The van der Waals surface area contributed by atoms with Crippen LogP contribution in [-0.2, 0) is 43.1 Å². The largest absolute Gasteiger partial charge is 0.491 e. The molecule has 0 spiro atoms. The summed E-state index contributed by atoms with van der Waals surface area (Å²) in [7, 11) is -8.72. The number of benzene rings is 2. The fraction of sp³-hybridized carbons (Fsp3) is 0.576. The predicted molar refractivity (Wildman–Crippen MR) is 190 cm³/mol. The van der Waals surface area contributed by atoms with Crippen molar-refractivity contribution < 1.29 is 60.9 Å². The van der Waals surface area contributed by atoms with E-state index in [1.165, 1.54) is 18.2 Å². The first-order valence-electron chi connectivity index (χ1n) is 16.7. The summed E-state index contributed by atoms with van der Waals surface area (Å²) in [5.74, 6) is 0.0897. The number of aryl methyl sites for hydroxylation is 1. The first kappa shape index (κ1) is 44.8. The highest BCUT2D eigenvalue weighted by atomic mass is 31.2. The van der Waals surface area contributed by atoms with Crippen LogP contribution in [0.5, 0.6) is 5.75 Å². The lowest BCUT2D eigenvalue weighted by Gasteiger charge is -2.21. The van der Waals surface area contributed by atoms with Gasteiger partial charge in [0.15, 0.2) is 0 Å². The summed E-state index contributed by atoms with van der Waals surface area (Å²) >= 11 is 0. The number of carbonyl (C=O) groups excluding carboxylic acids is 2. The third-order valence-electron chi connectivity index (χ3n) is 6.40. The topological polar surface area (TPSA) is 219 Å². The molecule has 0 amide bonds. The molecule has 0 aliphatic heterocycles. The molecular formula is C33H48N2O15P2. The summed E-state index contributed by atoms with van der Waals surface area (Å²) in [6.07, 6.45) is -1.62. The molecule has 19 heteroatoms. The molecule has 0 fully saturated rings. The number of ether oxygens (including phenoxy) is 3. The van der Waals surface area contributed by atoms with Gasteiger partial charge in [-0.1, -0.05) is 6.07 Å². The molecular weight excluding hydrogens is 726 g/mol. The van der Waals surface area contributed by atoms with Gasteiger partial charge in [0.1, 0.15) is 23.5 Å². The maximum atomic E-state index is 13.3. The van der Waals surface area contributed by atoms with Crippen molar-refractivity contribution in [1.29, 1.82) is 0 Å². The minimum absolute atomic E-state index is 0.0236. The van der Waals surface area contributed by atoms with Gasteiger partial charge < -0.3 is 32.3 Å². The number of nitro benzene ring substituents is 2. The van der Waals surface area contributed by atoms with Crippen LogP contribution in [0, 0.1) is 20.2 Å².